The minimum atomic E-state index is 0.326. The summed E-state index contributed by atoms with van der Waals surface area (Å²) in [6.45, 7) is 0. The molecule has 0 saturated carbocycles. The zero-order valence-corrected chi connectivity index (χ0v) is 16.2. The van der Waals surface area contributed by atoms with Gasteiger partial charge in [0.25, 0.3) is 0 Å². The summed E-state index contributed by atoms with van der Waals surface area (Å²) in [6, 6.07) is 9.09. The number of hydrogen-bond acceptors (Lipinski definition) is 6. The molecule has 0 N–H and O–H groups in total. The van der Waals surface area contributed by atoms with Crippen molar-refractivity contribution in [3.63, 3.8) is 0 Å². The largest absolute Gasteiger partial charge is 0.496 e. The minimum Gasteiger partial charge on any atom is -0.496 e. The SMILES string of the molecule is COc1cc2nc(/C=C/c3c(OC)cccc3OC)nc(Cl)c2cc1OC. The fraction of sp³-hybridized carbons (Fsp3) is 0.200. The van der Waals surface area contributed by atoms with Gasteiger partial charge in [0.2, 0.25) is 0 Å². The molecule has 0 unspecified atom stereocenters. The lowest BCUT2D eigenvalue weighted by Crippen LogP contribution is -1.95. The molecule has 3 rings (SSSR count). The van der Waals surface area contributed by atoms with Crippen LogP contribution in [0, 0.1) is 0 Å². The zero-order valence-electron chi connectivity index (χ0n) is 15.4. The van der Waals surface area contributed by atoms with Crippen LogP contribution in [0.2, 0.25) is 5.15 Å². The molecule has 2 aromatic carbocycles. The fourth-order valence-corrected chi connectivity index (χ4v) is 2.95. The van der Waals surface area contributed by atoms with Gasteiger partial charge in [-0.2, -0.15) is 0 Å². The van der Waals surface area contributed by atoms with E-state index in [1.165, 1.54) is 0 Å². The first kappa shape index (κ1) is 18.8. The second-order valence-corrected chi connectivity index (χ2v) is 5.86. The van der Waals surface area contributed by atoms with Crippen LogP contribution < -0.4 is 18.9 Å². The molecule has 0 bridgehead atoms. The number of methoxy groups -OCH3 is 4. The lowest BCUT2D eigenvalue weighted by molar-refractivity contribution is 0.356. The second-order valence-electron chi connectivity index (χ2n) is 5.51. The summed E-state index contributed by atoms with van der Waals surface area (Å²) in [5, 5.41) is 1.01. The van der Waals surface area contributed by atoms with E-state index in [1.54, 1.807) is 46.6 Å². The third-order valence-corrected chi connectivity index (χ3v) is 4.32. The van der Waals surface area contributed by atoms with Crippen molar-refractivity contribution in [2.24, 2.45) is 0 Å². The molecule has 0 aliphatic carbocycles. The third-order valence-electron chi connectivity index (χ3n) is 4.04. The molecular weight excluding hydrogens is 368 g/mol. The van der Waals surface area contributed by atoms with Gasteiger partial charge in [0.1, 0.15) is 16.7 Å². The maximum atomic E-state index is 6.35. The molecule has 0 fully saturated rings. The minimum absolute atomic E-state index is 0.326. The molecule has 0 saturated heterocycles. The van der Waals surface area contributed by atoms with Crippen molar-refractivity contribution in [2.75, 3.05) is 28.4 Å². The number of fused-ring (bicyclic) bond motifs is 1. The predicted molar refractivity (Wildman–Crippen MR) is 106 cm³/mol. The van der Waals surface area contributed by atoms with Gasteiger partial charge in [-0.05, 0) is 30.4 Å². The number of benzene rings is 2. The molecule has 140 valence electrons. The average Bonchev–Trinajstić information content (AvgIpc) is 2.70. The van der Waals surface area contributed by atoms with Crippen LogP contribution in [-0.2, 0) is 0 Å². The molecule has 0 radical (unpaired) electrons. The fourth-order valence-electron chi connectivity index (χ4n) is 2.71. The molecule has 0 amide bonds. The second kappa shape index (κ2) is 8.14. The molecule has 0 spiro atoms. The predicted octanol–water partition coefficient (Wildman–Crippen LogP) is 4.49. The van der Waals surface area contributed by atoms with Gasteiger partial charge in [-0.1, -0.05) is 17.7 Å². The van der Waals surface area contributed by atoms with Crippen LogP contribution >= 0.6 is 11.6 Å². The molecule has 3 aromatic rings. The van der Waals surface area contributed by atoms with Gasteiger partial charge in [-0.25, -0.2) is 9.97 Å². The number of hydrogen-bond donors (Lipinski definition) is 0. The molecule has 1 aromatic heterocycles. The van der Waals surface area contributed by atoms with Crippen molar-refractivity contribution in [2.45, 2.75) is 0 Å². The zero-order chi connectivity index (χ0) is 19.4. The highest BCUT2D eigenvalue weighted by Crippen LogP contribution is 2.34. The van der Waals surface area contributed by atoms with E-state index >= 15 is 0 Å². The molecular formula is C20H19ClN2O4. The van der Waals surface area contributed by atoms with E-state index in [9.17, 15) is 0 Å². The van der Waals surface area contributed by atoms with Crippen molar-refractivity contribution in [1.29, 1.82) is 0 Å². The first-order chi connectivity index (χ1) is 13.1. The molecule has 27 heavy (non-hydrogen) atoms. The third kappa shape index (κ3) is 3.75. The lowest BCUT2D eigenvalue weighted by Gasteiger charge is -2.10. The van der Waals surface area contributed by atoms with E-state index in [0.717, 1.165) is 5.56 Å². The summed E-state index contributed by atoms with van der Waals surface area (Å²) < 4.78 is 21.4. The number of ether oxygens (including phenoxy) is 4. The smallest absolute Gasteiger partial charge is 0.162 e. The van der Waals surface area contributed by atoms with Crippen molar-refractivity contribution >= 4 is 34.7 Å². The van der Waals surface area contributed by atoms with Crippen LogP contribution in [0.3, 0.4) is 0 Å². The van der Waals surface area contributed by atoms with Crippen LogP contribution in [0.25, 0.3) is 23.1 Å². The number of rotatable bonds is 6. The first-order valence-corrected chi connectivity index (χ1v) is 8.47. The number of nitrogens with zero attached hydrogens (tertiary/aromatic N) is 2. The summed E-state index contributed by atoms with van der Waals surface area (Å²) in [5.41, 5.74) is 1.44. The quantitative estimate of drug-likeness (QED) is 0.582. The summed E-state index contributed by atoms with van der Waals surface area (Å²) in [5.74, 6) is 2.96. The van der Waals surface area contributed by atoms with E-state index < -0.39 is 0 Å². The molecule has 0 aliphatic heterocycles. The highest BCUT2D eigenvalue weighted by molar-refractivity contribution is 6.34. The van der Waals surface area contributed by atoms with Gasteiger partial charge < -0.3 is 18.9 Å². The van der Waals surface area contributed by atoms with Gasteiger partial charge in [0.15, 0.2) is 17.3 Å². The monoisotopic (exact) mass is 386 g/mol. The van der Waals surface area contributed by atoms with Crippen molar-refractivity contribution in [3.05, 3.63) is 46.9 Å². The van der Waals surface area contributed by atoms with Crippen molar-refractivity contribution in [1.82, 2.24) is 9.97 Å². The van der Waals surface area contributed by atoms with E-state index in [4.69, 9.17) is 30.5 Å². The highest BCUT2D eigenvalue weighted by Gasteiger charge is 2.12. The molecule has 7 heteroatoms. The Hall–Kier alpha value is -2.99. The summed E-state index contributed by atoms with van der Waals surface area (Å²) in [7, 11) is 6.35. The molecule has 0 atom stereocenters. The van der Waals surface area contributed by atoms with Gasteiger partial charge >= 0.3 is 0 Å². The topological polar surface area (TPSA) is 62.7 Å². The van der Waals surface area contributed by atoms with Crippen LogP contribution in [0.4, 0.5) is 0 Å². The molecule has 1 heterocycles. The molecule has 0 aliphatic rings. The highest BCUT2D eigenvalue weighted by atomic mass is 35.5. The number of halogens is 1. The maximum absolute atomic E-state index is 6.35. The average molecular weight is 387 g/mol. The summed E-state index contributed by atoms with van der Waals surface area (Å²) in [6.07, 6.45) is 3.58. The summed E-state index contributed by atoms with van der Waals surface area (Å²) >= 11 is 6.35. The van der Waals surface area contributed by atoms with Gasteiger partial charge in [0, 0.05) is 11.5 Å². The van der Waals surface area contributed by atoms with Crippen LogP contribution in [-0.4, -0.2) is 38.4 Å². The first-order valence-electron chi connectivity index (χ1n) is 8.09. The Morgan fingerprint density at radius 2 is 1.37 bits per heavy atom. The standard InChI is InChI=1S/C20H19ClN2O4/c1-24-15-6-5-7-16(25-2)12(15)8-9-19-22-14-11-18(27-4)17(26-3)10-13(14)20(21)23-19/h5-11H,1-4H3/b9-8+. The summed E-state index contributed by atoms with van der Waals surface area (Å²) in [4.78, 5) is 8.89. The van der Waals surface area contributed by atoms with E-state index in [0.29, 0.717) is 44.9 Å². The number of aromatic nitrogens is 2. The van der Waals surface area contributed by atoms with Crippen LogP contribution in [0.1, 0.15) is 11.4 Å². The van der Waals surface area contributed by atoms with Gasteiger partial charge in [0.05, 0.1) is 39.5 Å². The van der Waals surface area contributed by atoms with Crippen LogP contribution in [0.5, 0.6) is 23.0 Å². The van der Waals surface area contributed by atoms with E-state index in [2.05, 4.69) is 9.97 Å². The van der Waals surface area contributed by atoms with Gasteiger partial charge in [-0.15, -0.1) is 0 Å². The lowest BCUT2D eigenvalue weighted by atomic mass is 10.1. The normalized spacial score (nSPS) is 11.0. The van der Waals surface area contributed by atoms with E-state index in [-0.39, 0.29) is 0 Å². The van der Waals surface area contributed by atoms with Crippen molar-refractivity contribution in [3.8, 4) is 23.0 Å². The maximum Gasteiger partial charge on any atom is 0.162 e. The Bertz CT molecular complexity index is 983. The van der Waals surface area contributed by atoms with E-state index in [1.807, 2.05) is 24.3 Å². The van der Waals surface area contributed by atoms with Gasteiger partial charge in [-0.3, -0.25) is 0 Å². The Morgan fingerprint density at radius 1 is 0.778 bits per heavy atom. The Balaban J connectivity index is 2.07. The Morgan fingerprint density at radius 3 is 1.96 bits per heavy atom. The van der Waals surface area contributed by atoms with Crippen molar-refractivity contribution < 1.29 is 18.9 Å². The Kier molecular flexibility index (Phi) is 5.66. The molecule has 6 nitrogen and oxygen atoms in total. The Labute approximate surface area is 162 Å². The van der Waals surface area contributed by atoms with Crippen LogP contribution in [0.15, 0.2) is 30.3 Å².